The van der Waals surface area contributed by atoms with Gasteiger partial charge in [-0.15, -0.1) is 0 Å². The van der Waals surface area contributed by atoms with E-state index in [1.807, 2.05) is 37.3 Å². The summed E-state index contributed by atoms with van der Waals surface area (Å²) in [6.07, 6.45) is 0. The lowest BCUT2D eigenvalue weighted by Crippen LogP contribution is -2.21. The van der Waals surface area contributed by atoms with Crippen molar-refractivity contribution >= 4 is 17.6 Å². The van der Waals surface area contributed by atoms with E-state index in [0.29, 0.717) is 30.4 Å². The molecule has 0 saturated carbocycles. The highest BCUT2D eigenvalue weighted by molar-refractivity contribution is 5.96. The monoisotopic (exact) mass is 405 g/mol. The van der Waals surface area contributed by atoms with Crippen molar-refractivity contribution in [2.24, 2.45) is 0 Å². The third kappa shape index (κ3) is 6.10. The predicted molar refractivity (Wildman–Crippen MR) is 114 cm³/mol. The van der Waals surface area contributed by atoms with Crippen LogP contribution in [0.4, 0.5) is 5.69 Å². The van der Waals surface area contributed by atoms with Crippen LogP contribution in [0, 0.1) is 0 Å². The van der Waals surface area contributed by atoms with Crippen LogP contribution in [0.25, 0.3) is 0 Å². The zero-order valence-corrected chi connectivity index (χ0v) is 16.7. The number of hydrogen-bond donors (Lipinski definition) is 1. The third-order valence-electron chi connectivity index (χ3n) is 4.13. The summed E-state index contributed by atoms with van der Waals surface area (Å²) in [6, 6.07) is 23.4. The zero-order valence-electron chi connectivity index (χ0n) is 16.7. The first-order chi connectivity index (χ1) is 14.7. The van der Waals surface area contributed by atoms with Gasteiger partial charge in [0.25, 0.3) is 5.91 Å². The average Bonchev–Trinajstić information content (AvgIpc) is 2.78. The predicted octanol–water partition coefficient (Wildman–Crippen LogP) is 4.46. The molecule has 0 atom stereocenters. The number of amides is 1. The van der Waals surface area contributed by atoms with Gasteiger partial charge >= 0.3 is 5.97 Å². The maximum atomic E-state index is 12.5. The van der Waals surface area contributed by atoms with Gasteiger partial charge in [0.2, 0.25) is 0 Å². The smallest absolute Gasteiger partial charge is 0.342 e. The minimum absolute atomic E-state index is 0.266. The Bertz CT molecular complexity index is 970. The molecule has 1 amide bonds. The number of nitrogens with one attached hydrogen (secondary N) is 1. The van der Waals surface area contributed by atoms with Gasteiger partial charge in [0.1, 0.15) is 23.7 Å². The van der Waals surface area contributed by atoms with Gasteiger partial charge in [-0.25, -0.2) is 4.79 Å². The highest BCUT2D eigenvalue weighted by atomic mass is 16.5. The molecule has 3 aromatic carbocycles. The van der Waals surface area contributed by atoms with Gasteiger partial charge in [0.05, 0.1) is 6.61 Å². The van der Waals surface area contributed by atoms with E-state index in [2.05, 4.69) is 5.32 Å². The molecular formula is C24H23NO5. The van der Waals surface area contributed by atoms with Crippen molar-refractivity contribution in [2.75, 3.05) is 18.5 Å². The summed E-state index contributed by atoms with van der Waals surface area (Å²) in [4.78, 5) is 24.6. The van der Waals surface area contributed by atoms with E-state index < -0.39 is 18.5 Å². The van der Waals surface area contributed by atoms with E-state index >= 15 is 0 Å². The first-order valence-electron chi connectivity index (χ1n) is 9.61. The van der Waals surface area contributed by atoms with E-state index in [9.17, 15) is 9.59 Å². The van der Waals surface area contributed by atoms with Crippen molar-refractivity contribution in [2.45, 2.75) is 13.5 Å². The molecule has 30 heavy (non-hydrogen) atoms. The zero-order chi connectivity index (χ0) is 21.2. The van der Waals surface area contributed by atoms with Crippen LogP contribution in [-0.2, 0) is 16.1 Å². The van der Waals surface area contributed by atoms with Gasteiger partial charge < -0.3 is 19.5 Å². The van der Waals surface area contributed by atoms with E-state index in [1.54, 1.807) is 48.5 Å². The number of ether oxygens (including phenoxy) is 3. The molecule has 0 aliphatic carbocycles. The number of rotatable bonds is 9. The molecule has 6 nitrogen and oxygen atoms in total. The Kier molecular flexibility index (Phi) is 7.44. The molecule has 0 unspecified atom stereocenters. The molecule has 6 heteroatoms. The Balaban J connectivity index is 1.53. The van der Waals surface area contributed by atoms with Gasteiger partial charge in [0.15, 0.2) is 6.61 Å². The topological polar surface area (TPSA) is 73.9 Å². The van der Waals surface area contributed by atoms with E-state index in [4.69, 9.17) is 14.2 Å². The summed E-state index contributed by atoms with van der Waals surface area (Å²) in [5, 5.41) is 2.68. The highest BCUT2D eigenvalue weighted by Crippen LogP contribution is 2.20. The maximum Gasteiger partial charge on any atom is 0.342 e. The maximum absolute atomic E-state index is 12.5. The molecule has 0 spiro atoms. The van der Waals surface area contributed by atoms with Crippen LogP contribution < -0.4 is 14.8 Å². The Hall–Kier alpha value is -3.80. The minimum Gasteiger partial charge on any atom is -0.494 e. The van der Waals surface area contributed by atoms with Gasteiger partial charge in [-0.3, -0.25) is 4.79 Å². The SMILES string of the molecule is CCOc1ccc(NC(=O)COC(=O)c2ccccc2OCc2ccccc2)cc1. The Morgan fingerprint density at radius 1 is 0.833 bits per heavy atom. The van der Waals surface area contributed by atoms with E-state index in [1.165, 1.54) is 0 Å². The summed E-state index contributed by atoms with van der Waals surface area (Å²) in [7, 11) is 0. The number of esters is 1. The molecule has 0 bridgehead atoms. The number of para-hydroxylation sites is 1. The van der Waals surface area contributed by atoms with Crippen LogP contribution in [0.1, 0.15) is 22.8 Å². The number of anilines is 1. The Morgan fingerprint density at radius 2 is 1.53 bits per heavy atom. The molecular weight excluding hydrogens is 382 g/mol. The number of benzene rings is 3. The summed E-state index contributed by atoms with van der Waals surface area (Å²) in [6.45, 7) is 2.38. The van der Waals surface area contributed by atoms with Crippen LogP contribution in [0.5, 0.6) is 11.5 Å². The number of carbonyl (C=O) groups is 2. The van der Waals surface area contributed by atoms with Crippen LogP contribution in [0.15, 0.2) is 78.9 Å². The molecule has 0 aromatic heterocycles. The highest BCUT2D eigenvalue weighted by Gasteiger charge is 2.15. The lowest BCUT2D eigenvalue weighted by Gasteiger charge is -2.11. The molecule has 0 aliphatic heterocycles. The lowest BCUT2D eigenvalue weighted by atomic mass is 10.2. The molecule has 0 saturated heterocycles. The second-order valence-corrected chi connectivity index (χ2v) is 6.35. The quantitative estimate of drug-likeness (QED) is 0.532. The van der Waals surface area contributed by atoms with Crippen LogP contribution >= 0.6 is 0 Å². The second kappa shape index (κ2) is 10.7. The molecule has 0 fully saturated rings. The van der Waals surface area contributed by atoms with Gasteiger partial charge in [-0.1, -0.05) is 42.5 Å². The van der Waals surface area contributed by atoms with Crippen molar-refractivity contribution in [3.8, 4) is 11.5 Å². The molecule has 3 rings (SSSR count). The number of hydrogen-bond acceptors (Lipinski definition) is 5. The van der Waals surface area contributed by atoms with Crippen molar-refractivity contribution in [3.05, 3.63) is 90.0 Å². The van der Waals surface area contributed by atoms with E-state index in [0.717, 1.165) is 5.56 Å². The third-order valence-corrected chi connectivity index (χ3v) is 4.13. The fourth-order valence-electron chi connectivity index (χ4n) is 2.70. The first kappa shape index (κ1) is 20.9. The van der Waals surface area contributed by atoms with Crippen molar-refractivity contribution < 1.29 is 23.8 Å². The van der Waals surface area contributed by atoms with Crippen LogP contribution in [0.3, 0.4) is 0 Å². The molecule has 1 N–H and O–H groups in total. The molecule has 0 heterocycles. The Labute approximate surface area is 175 Å². The molecule has 0 radical (unpaired) electrons. The van der Waals surface area contributed by atoms with Gasteiger partial charge in [0, 0.05) is 5.69 Å². The molecule has 154 valence electrons. The van der Waals surface area contributed by atoms with Gasteiger partial charge in [-0.2, -0.15) is 0 Å². The Morgan fingerprint density at radius 3 is 2.27 bits per heavy atom. The first-order valence-corrected chi connectivity index (χ1v) is 9.61. The normalized spacial score (nSPS) is 10.2. The van der Waals surface area contributed by atoms with Crippen LogP contribution in [0.2, 0.25) is 0 Å². The van der Waals surface area contributed by atoms with Gasteiger partial charge in [-0.05, 0) is 48.9 Å². The fraction of sp³-hybridized carbons (Fsp3) is 0.167. The average molecular weight is 405 g/mol. The summed E-state index contributed by atoms with van der Waals surface area (Å²) < 4.78 is 16.3. The second-order valence-electron chi connectivity index (χ2n) is 6.35. The summed E-state index contributed by atoms with van der Waals surface area (Å²) in [5.41, 5.74) is 1.84. The van der Waals surface area contributed by atoms with E-state index in [-0.39, 0.29) is 5.56 Å². The number of carbonyl (C=O) groups excluding carboxylic acids is 2. The lowest BCUT2D eigenvalue weighted by molar-refractivity contribution is -0.119. The fourth-order valence-corrected chi connectivity index (χ4v) is 2.70. The standard InChI is InChI=1S/C24H23NO5/c1-2-28-20-14-12-19(13-15-20)25-23(26)17-30-24(27)21-10-6-7-11-22(21)29-16-18-8-4-3-5-9-18/h3-15H,2,16-17H2,1H3,(H,25,26). The summed E-state index contributed by atoms with van der Waals surface area (Å²) in [5.74, 6) is 0.0583. The largest absolute Gasteiger partial charge is 0.494 e. The van der Waals surface area contributed by atoms with Crippen LogP contribution in [-0.4, -0.2) is 25.1 Å². The molecule has 3 aromatic rings. The van der Waals surface area contributed by atoms with Crippen molar-refractivity contribution in [3.63, 3.8) is 0 Å². The molecule has 0 aliphatic rings. The van der Waals surface area contributed by atoms with Crippen molar-refractivity contribution in [1.82, 2.24) is 0 Å². The summed E-state index contributed by atoms with van der Waals surface area (Å²) >= 11 is 0. The minimum atomic E-state index is -0.625. The van der Waals surface area contributed by atoms with Crippen molar-refractivity contribution in [1.29, 1.82) is 0 Å².